The molecular formula is C41H47ClF6N6O3. The highest BCUT2D eigenvalue weighted by Gasteiger charge is 2.38. The third-order valence-electron chi connectivity index (χ3n) is 10.3. The summed E-state index contributed by atoms with van der Waals surface area (Å²) in [7, 11) is 1.59. The molecule has 2 aromatic carbocycles. The third kappa shape index (κ3) is 10.5. The topological polar surface area (TPSA) is 66.4 Å². The molecule has 9 nitrogen and oxygen atoms in total. The number of hydrogen-bond acceptors (Lipinski definition) is 9. The first-order chi connectivity index (χ1) is 27.3. The van der Waals surface area contributed by atoms with Crippen molar-refractivity contribution < 1.29 is 40.6 Å². The zero-order chi connectivity index (χ0) is 40.7. The van der Waals surface area contributed by atoms with Crippen molar-refractivity contribution in [3.05, 3.63) is 100 Å². The Balaban J connectivity index is 1.28. The van der Waals surface area contributed by atoms with Crippen LogP contribution < -0.4 is 24.2 Å². The van der Waals surface area contributed by atoms with Gasteiger partial charge >= 0.3 is 12.4 Å². The molecule has 6 rings (SSSR count). The molecule has 0 unspecified atom stereocenters. The maximum Gasteiger partial charge on any atom is 0.417 e. The van der Waals surface area contributed by atoms with Crippen LogP contribution in [0, 0.1) is 0 Å². The largest absolute Gasteiger partial charge is 0.493 e. The number of methoxy groups -OCH3 is 1. The van der Waals surface area contributed by atoms with Crippen LogP contribution in [0.1, 0.15) is 61.8 Å². The van der Waals surface area contributed by atoms with E-state index in [2.05, 4.69) is 19.8 Å². The highest BCUT2D eigenvalue weighted by atomic mass is 35.5. The number of ether oxygens (including phenoxy) is 3. The summed E-state index contributed by atoms with van der Waals surface area (Å²) in [4.78, 5) is 13.2. The number of alkyl halides is 6. The predicted molar refractivity (Wildman–Crippen MR) is 207 cm³/mol. The molecular weight excluding hydrogens is 774 g/mol. The molecule has 0 N–H and O–H groups in total. The molecule has 2 aromatic heterocycles. The van der Waals surface area contributed by atoms with E-state index in [0.29, 0.717) is 100 Å². The van der Waals surface area contributed by atoms with Crippen molar-refractivity contribution in [1.29, 1.82) is 0 Å². The molecule has 16 heteroatoms. The molecule has 0 atom stereocenters. The summed E-state index contributed by atoms with van der Waals surface area (Å²) in [5.41, 5.74) is 0.269. The van der Waals surface area contributed by atoms with Crippen molar-refractivity contribution in [2.45, 2.75) is 77.1 Å². The van der Waals surface area contributed by atoms with E-state index in [-0.39, 0.29) is 23.7 Å². The summed E-state index contributed by atoms with van der Waals surface area (Å²) in [6, 6.07) is 15.7. The molecule has 4 aromatic rings. The van der Waals surface area contributed by atoms with Crippen LogP contribution in [-0.2, 0) is 25.4 Å². The number of rotatable bonds is 14. The molecule has 2 saturated heterocycles. The Labute approximate surface area is 334 Å². The Morgan fingerprint density at radius 2 is 1.07 bits per heavy atom. The van der Waals surface area contributed by atoms with E-state index in [1.54, 1.807) is 7.11 Å². The average Bonchev–Trinajstić information content (AvgIpc) is 3.19. The molecule has 308 valence electrons. The number of anilines is 2. The fourth-order valence-electron chi connectivity index (χ4n) is 7.49. The van der Waals surface area contributed by atoms with Crippen LogP contribution >= 0.6 is 11.6 Å². The van der Waals surface area contributed by atoms with Crippen molar-refractivity contribution in [3.8, 4) is 17.2 Å². The summed E-state index contributed by atoms with van der Waals surface area (Å²) in [6.45, 7) is 8.61. The quantitative estimate of drug-likeness (QED) is 0.0915. The minimum Gasteiger partial charge on any atom is -0.493 e. The second kappa shape index (κ2) is 18.4. The molecule has 2 aliphatic rings. The average molecular weight is 821 g/mol. The molecule has 0 amide bonds. The lowest BCUT2D eigenvalue weighted by Gasteiger charge is -2.49. The van der Waals surface area contributed by atoms with Gasteiger partial charge in [-0.05, 0) is 99.2 Å². The number of hydrogen-bond donors (Lipinski definition) is 0. The monoisotopic (exact) mass is 820 g/mol. The van der Waals surface area contributed by atoms with Crippen LogP contribution in [0.25, 0.3) is 0 Å². The molecule has 57 heavy (non-hydrogen) atoms. The lowest BCUT2D eigenvalue weighted by Crippen LogP contribution is -2.59. The van der Waals surface area contributed by atoms with Crippen molar-refractivity contribution in [1.82, 2.24) is 19.8 Å². The summed E-state index contributed by atoms with van der Waals surface area (Å²) in [6.07, 6.45) is -5.17. The molecule has 0 aliphatic carbocycles. The van der Waals surface area contributed by atoms with Gasteiger partial charge < -0.3 is 14.2 Å². The van der Waals surface area contributed by atoms with Gasteiger partial charge in [-0.3, -0.25) is 19.8 Å². The highest BCUT2D eigenvalue weighted by molar-refractivity contribution is 6.32. The van der Waals surface area contributed by atoms with Gasteiger partial charge in [0.1, 0.15) is 17.4 Å². The van der Waals surface area contributed by atoms with E-state index < -0.39 is 23.5 Å². The van der Waals surface area contributed by atoms with Crippen molar-refractivity contribution in [2.24, 2.45) is 0 Å². The molecule has 2 aliphatic heterocycles. The van der Waals surface area contributed by atoms with Crippen LogP contribution in [0.4, 0.5) is 38.0 Å². The number of piperidine rings is 2. The van der Waals surface area contributed by atoms with Crippen molar-refractivity contribution in [3.63, 3.8) is 0 Å². The normalized spacial score (nSPS) is 16.4. The Kier molecular flexibility index (Phi) is 13.6. The van der Waals surface area contributed by atoms with Crippen LogP contribution in [-0.4, -0.2) is 78.4 Å². The maximum absolute atomic E-state index is 13.7. The first-order valence-corrected chi connectivity index (χ1v) is 19.5. The number of hydrazine groups is 1. The van der Waals surface area contributed by atoms with E-state index in [9.17, 15) is 26.3 Å². The number of aromatic nitrogens is 2. The molecule has 0 spiro atoms. The fourth-order valence-corrected chi connectivity index (χ4v) is 7.66. The van der Waals surface area contributed by atoms with Gasteiger partial charge in [-0.2, -0.15) is 26.3 Å². The lowest BCUT2D eigenvalue weighted by molar-refractivity contribution is -0.138. The van der Waals surface area contributed by atoms with Crippen molar-refractivity contribution in [2.75, 3.05) is 56.5 Å². The van der Waals surface area contributed by atoms with Crippen LogP contribution in [0.15, 0.2) is 73.1 Å². The number of halogens is 7. The van der Waals surface area contributed by atoms with Gasteiger partial charge in [0.25, 0.3) is 0 Å². The number of nitrogens with zero attached hydrogens (tertiary/aromatic N) is 6. The lowest BCUT2D eigenvalue weighted by atomic mass is 10.0. The first kappa shape index (κ1) is 42.1. The van der Waals surface area contributed by atoms with Gasteiger partial charge in [0, 0.05) is 51.7 Å². The second-order valence-electron chi connectivity index (χ2n) is 14.1. The van der Waals surface area contributed by atoms with E-state index in [4.69, 9.17) is 25.8 Å². The van der Waals surface area contributed by atoms with Gasteiger partial charge in [-0.1, -0.05) is 23.7 Å². The molecule has 0 bridgehead atoms. The summed E-state index contributed by atoms with van der Waals surface area (Å²) in [5, 5.41) is 4.28. The number of pyridine rings is 2. The SMILES string of the molecule is CCOc1cc(CN2CCC(N(c3ccc(C(F)(F)F)cn3)N(c3ccc(C(F)(F)F)cn3)C3CCN(Cc4ccc(OC)c(OCC)c4)CC3)CC2)ccc1Cl. The van der Waals surface area contributed by atoms with E-state index in [1.165, 1.54) is 12.1 Å². The maximum atomic E-state index is 13.7. The zero-order valence-corrected chi connectivity index (χ0v) is 32.9. The van der Waals surface area contributed by atoms with Gasteiger partial charge in [0.05, 0.1) is 48.6 Å². The van der Waals surface area contributed by atoms with Crippen LogP contribution in [0.5, 0.6) is 17.2 Å². The van der Waals surface area contributed by atoms with Gasteiger partial charge in [0.2, 0.25) is 0 Å². The first-order valence-electron chi connectivity index (χ1n) is 19.1. The summed E-state index contributed by atoms with van der Waals surface area (Å²) >= 11 is 6.32. The standard InChI is InChI=1S/C41H47ClF6N6O3/c1-4-56-36-22-28(6-10-34(36)42)26-51-18-14-32(15-19-51)53(38-12-8-30(24-49-38)40(43,44)45)54(39-13-9-31(25-50-39)41(46,47)48)33-16-20-52(21-17-33)27-29-7-11-35(55-3)37(23-29)57-5-2/h6-13,22-25,32-33H,4-5,14-21,26-27H2,1-3H3. The highest BCUT2D eigenvalue weighted by Crippen LogP contribution is 2.37. The summed E-state index contributed by atoms with van der Waals surface area (Å²) in [5.74, 6) is 2.41. The van der Waals surface area contributed by atoms with Gasteiger partial charge in [-0.15, -0.1) is 0 Å². The van der Waals surface area contributed by atoms with Gasteiger partial charge in [0.15, 0.2) is 11.5 Å². The number of likely N-dealkylation sites (tertiary alicyclic amines) is 2. The molecule has 2 fully saturated rings. The smallest absolute Gasteiger partial charge is 0.417 e. The minimum atomic E-state index is -4.60. The number of benzene rings is 2. The van der Waals surface area contributed by atoms with E-state index in [0.717, 1.165) is 35.7 Å². The van der Waals surface area contributed by atoms with Crippen molar-refractivity contribution >= 4 is 23.2 Å². The Morgan fingerprint density at radius 1 is 0.632 bits per heavy atom. The molecule has 0 saturated carbocycles. The Bertz CT molecular complexity index is 1900. The third-order valence-corrected chi connectivity index (χ3v) is 10.6. The Morgan fingerprint density at radius 3 is 1.47 bits per heavy atom. The minimum absolute atomic E-state index is 0.256. The molecule has 0 radical (unpaired) electrons. The van der Waals surface area contributed by atoms with Crippen LogP contribution in [0.3, 0.4) is 0 Å². The predicted octanol–water partition coefficient (Wildman–Crippen LogP) is 9.53. The van der Waals surface area contributed by atoms with E-state index >= 15 is 0 Å². The summed E-state index contributed by atoms with van der Waals surface area (Å²) < 4.78 is 99.2. The second-order valence-corrected chi connectivity index (χ2v) is 14.5. The zero-order valence-electron chi connectivity index (χ0n) is 32.1. The Hall–Kier alpha value is -4.47. The van der Waals surface area contributed by atoms with Crippen LogP contribution in [0.2, 0.25) is 5.02 Å². The van der Waals surface area contributed by atoms with Gasteiger partial charge in [-0.25, -0.2) is 9.97 Å². The van der Waals surface area contributed by atoms with E-state index in [1.807, 2.05) is 60.3 Å². The molecule has 4 heterocycles. The fraction of sp³-hybridized carbons (Fsp3) is 0.463.